The fourth-order valence-corrected chi connectivity index (χ4v) is 2.47. The summed E-state index contributed by atoms with van der Waals surface area (Å²) in [5, 5.41) is 28.0. The van der Waals surface area contributed by atoms with Gasteiger partial charge in [0.05, 0.1) is 18.2 Å². The van der Waals surface area contributed by atoms with Crippen molar-refractivity contribution in [1.82, 2.24) is 4.90 Å². The lowest BCUT2D eigenvalue weighted by Crippen LogP contribution is -2.46. The highest BCUT2D eigenvalue weighted by Gasteiger charge is 2.26. The number of hydrogen-bond donors (Lipinski definition) is 2. The van der Waals surface area contributed by atoms with Gasteiger partial charge in [0, 0.05) is 19.1 Å². The number of rotatable bonds is 8. The normalized spacial score (nSPS) is 16.3. The molecule has 1 saturated carbocycles. The largest absolute Gasteiger partial charge is 0.491 e. The summed E-state index contributed by atoms with van der Waals surface area (Å²) in [7, 11) is 0. The van der Waals surface area contributed by atoms with Crippen molar-refractivity contribution >= 4 is 0 Å². The van der Waals surface area contributed by atoms with E-state index in [4.69, 9.17) is 15.1 Å². The monoisotopic (exact) mass is 290 g/mol. The molecule has 0 saturated heterocycles. The van der Waals surface area contributed by atoms with Gasteiger partial charge in [-0.05, 0) is 31.0 Å². The zero-order chi connectivity index (χ0) is 15.1. The molecule has 1 atom stereocenters. The molecule has 0 bridgehead atoms. The Balaban J connectivity index is 1.80. The zero-order valence-electron chi connectivity index (χ0n) is 12.1. The molecule has 0 spiro atoms. The van der Waals surface area contributed by atoms with Crippen molar-refractivity contribution in [2.45, 2.75) is 31.4 Å². The van der Waals surface area contributed by atoms with Crippen LogP contribution in [0.4, 0.5) is 0 Å². The maximum Gasteiger partial charge on any atom is 0.120 e. The molecule has 1 fully saturated rings. The molecule has 1 aliphatic rings. The zero-order valence-corrected chi connectivity index (χ0v) is 12.1. The van der Waals surface area contributed by atoms with Crippen LogP contribution in [0.25, 0.3) is 0 Å². The van der Waals surface area contributed by atoms with E-state index in [-0.39, 0.29) is 13.2 Å². The molecule has 1 aliphatic carbocycles. The summed E-state index contributed by atoms with van der Waals surface area (Å²) < 4.78 is 5.53. The third-order valence-corrected chi connectivity index (χ3v) is 3.83. The van der Waals surface area contributed by atoms with Crippen LogP contribution in [-0.2, 0) is 0 Å². The van der Waals surface area contributed by atoms with E-state index in [1.807, 2.05) is 0 Å². The van der Waals surface area contributed by atoms with Crippen LogP contribution in [0.15, 0.2) is 24.3 Å². The Morgan fingerprint density at radius 1 is 1.43 bits per heavy atom. The molecule has 1 unspecified atom stereocenters. The van der Waals surface area contributed by atoms with Gasteiger partial charge in [-0.25, -0.2) is 0 Å². The number of aliphatic hydroxyl groups is 2. The molecule has 2 N–H and O–H groups in total. The van der Waals surface area contributed by atoms with Crippen molar-refractivity contribution in [3.8, 4) is 11.8 Å². The van der Waals surface area contributed by atoms with Gasteiger partial charge in [-0.2, -0.15) is 5.26 Å². The van der Waals surface area contributed by atoms with Crippen molar-refractivity contribution in [2.24, 2.45) is 0 Å². The second kappa shape index (κ2) is 7.99. The highest BCUT2D eigenvalue weighted by atomic mass is 16.5. The van der Waals surface area contributed by atoms with E-state index < -0.39 is 6.10 Å². The Bertz CT molecular complexity index is 483. The minimum atomic E-state index is -0.608. The third kappa shape index (κ3) is 4.71. The van der Waals surface area contributed by atoms with Gasteiger partial charge in [-0.1, -0.05) is 12.5 Å². The number of aliphatic hydroxyl groups excluding tert-OH is 2. The van der Waals surface area contributed by atoms with Crippen molar-refractivity contribution in [1.29, 1.82) is 5.26 Å². The van der Waals surface area contributed by atoms with Gasteiger partial charge >= 0.3 is 0 Å². The number of hydrogen-bond acceptors (Lipinski definition) is 5. The quantitative estimate of drug-likeness (QED) is 0.751. The molecule has 114 valence electrons. The molecule has 2 rings (SSSR count). The van der Waals surface area contributed by atoms with Crippen LogP contribution < -0.4 is 4.74 Å². The molecule has 21 heavy (non-hydrogen) atoms. The van der Waals surface area contributed by atoms with E-state index in [1.54, 1.807) is 24.3 Å². The second-order valence-corrected chi connectivity index (χ2v) is 5.41. The molecule has 1 aromatic rings. The van der Waals surface area contributed by atoms with Gasteiger partial charge in [-0.15, -0.1) is 0 Å². The SMILES string of the molecule is N#Cc1cccc(OCC(O)CN(CCO)C2CCC2)c1. The maximum absolute atomic E-state index is 10.1. The minimum Gasteiger partial charge on any atom is -0.491 e. The van der Waals surface area contributed by atoms with Gasteiger partial charge in [0.1, 0.15) is 18.5 Å². The van der Waals surface area contributed by atoms with E-state index in [0.29, 0.717) is 30.4 Å². The summed E-state index contributed by atoms with van der Waals surface area (Å²) in [5.74, 6) is 0.588. The standard InChI is InChI=1S/C16H22N2O3/c17-10-13-3-1-6-16(9-13)21-12-15(20)11-18(7-8-19)14-4-2-5-14/h1,3,6,9,14-15,19-20H,2,4-5,7-8,11-12H2. The highest BCUT2D eigenvalue weighted by molar-refractivity contribution is 5.36. The summed E-state index contributed by atoms with van der Waals surface area (Å²) in [6.45, 7) is 1.38. The van der Waals surface area contributed by atoms with Crippen LogP contribution in [0.3, 0.4) is 0 Å². The van der Waals surface area contributed by atoms with Crippen LogP contribution in [0, 0.1) is 11.3 Å². The Morgan fingerprint density at radius 3 is 2.86 bits per heavy atom. The number of benzene rings is 1. The van der Waals surface area contributed by atoms with Crippen molar-refractivity contribution < 1.29 is 14.9 Å². The summed E-state index contributed by atoms with van der Waals surface area (Å²) in [5.41, 5.74) is 0.540. The third-order valence-electron chi connectivity index (χ3n) is 3.83. The first-order chi connectivity index (χ1) is 10.2. The first kappa shape index (κ1) is 15.8. The van der Waals surface area contributed by atoms with Gasteiger partial charge in [0.25, 0.3) is 0 Å². The van der Waals surface area contributed by atoms with Gasteiger partial charge in [0.15, 0.2) is 0 Å². The average Bonchev–Trinajstić information content (AvgIpc) is 2.44. The van der Waals surface area contributed by atoms with Gasteiger partial charge < -0.3 is 14.9 Å². The number of nitriles is 1. The first-order valence-electron chi connectivity index (χ1n) is 7.39. The molecule has 5 nitrogen and oxygen atoms in total. The lowest BCUT2D eigenvalue weighted by molar-refractivity contribution is 0.0258. The summed E-state index contributed by atoms with van der Waals surface area (Å²) in [4.78, 5) is 2.13. The molecule has 0 amide bonds. The molecule has 0 heterocycles. The van der Waals surface area contributed by atoms with Crippen molar-refractivity contribution in [3.05, 3.63) is 29.8 Å². The van der Waals surface area contributed by atoms with Crippen LogP contribution in [0.2, 0.25) is 0 Å². The fourth-order valence-electron chi connectivity index (χ4n) is 2.47. The van der Waals surface area contributed by atoms with Crippen LogP contribution in [-0.4, -0.2) is 53.6 Å². The number of ether oxygens (including phenoxy) is 1. The molecule has 0 aromatic heterocycles. The van der Waals surface area contributed by atoms with Crippen molar-refractivity contribution in [2.75, 3.05) is 26.3 Å². The van der Waals surface area contributed by atoms with E-state index in [1.165, 1.54) is 6.42 Å². The molecule has 0 radical (unpaired) electrons. The predicted molar refractivity (Wildman–Crippen MR) is 79.0 cm³/mol. The van der Waals surface area contributed by atoms with E-state index >= 15 is 0 Å². The molecule has 1 aromatic carbocycles. The Morgan fingerprint density at radius 2 is 2.24 bits per heavy atom. The predicted octanol–water partition coefficient (Wildman–Crippen LogP) is 1.14. The molecular weight excluding hydrogens is 268 g/mol. The van der Waals surface area contributed by atoms with Gasteiger partial charge in [0.2, 0.25) is 0 Å². The Hall–Kier alpha value is -1.61. The Kier molecular flexibility index (Phi) is 6.00. The first-order valence-corrected chi connectivity index (χ1v) is 7.39. The fraction of sp³-hybridized carbons (Fsp3) is 0.562. The van der Waals surface area contributed by atoms with E-state index in [9.17, 15) is 5.11 Å². The topological polar surface area (TPSA) is 76.7 Å². The minimum absolute atomic E-state index is 0.105. The van der Waals surface area contributed by atoms with Crippen LogP contribution in [0.1, 0.15) is 24.8 Å². The molecule has 0 aliphatic heterocycles. The smallest absolute Gasteiger partial charge is 0.120 e. The van der Waals surface area contributed by atoms with Crippen LogP contribution >= 0.6 is 0 Å². The maximum atomic E-state index is 10.1. The Labute approximate surface area is 125 Å². The van der Waals surface area contributed by atoms with E-state index in [2.05, 4.69) is 11.0 Å². The molecular formula is C16H22N2O3. The summed E-state index contributed by atoms with van der Waals surface area (Å²) in [6, 6.07) is 9.43. The lowest BCUT2D eigenvalue weighted by Gasteiger charge is -2.38. The number of nitrogens with zero attached hydrogens (tertiary/aromatic N) is 2. The average molecular weight is 290 g/mol. The van der Waals surface area contributed by atoms with Gasteiger partial charge in [-0.3, -0.25) is 4.90 Å². The highest BCUT2D eigenvalue weighted by Crippen LogP contribution is 2.24. The van der Waals surface area contributed by atoms with E-state index in [0.717, 1.165) is 12.8 Å². The summed E-state index contributed by atoms with van der Waals surface area (Å²) >= 11 is 0. The summed E-state index contributed by atoms with van der Waals surface area (Å²) in [6.07, 6.45) is 2.89. The molecule has 5 heteroatoms. The lowest BCUT2D eigenvalue weighted by atomic mass is 9.91. The van der Waals surface area contributed by atoms with Crippen molar-refractivity contribution in [3.63, 3.8) is 0 Å². The second-order valence-electron chi connectivity index (χ2n) is 5.41. The van der Waals surface area contributed by atoms with Crippen LogP contribution in [0.5, 0.6) is 5.75 Å².